The van der Waals surface area contributed by atoms with E-state index in [1.54, 1.807) is 49.1 Å². The maximum atomic E-state index is 15.0. The van der Waals surface area contributed by atoms with Gasteiger partial charge in [0.1, 0.15) is 6.61 Å². The van der Waals surface area contributed by atoms with Crippen molar-refractivity contribution in [2.45, 2.75) is 38.3 Å². The highest BCUT2D eigenvalue weighted by Crippen LogP contribution is 2.31. The molecule has 0 aliphatic carbocycles. The van der Waals surface area contributed by atoms with E-state index in [1.165, 1.54) is 36.2 Å². The van der Waals surface area contributed by atoms with Crippen LogP contribution in [-0.2, 0) is 16.6 Å². The fourth-order valence-electron chi connectivity index (χ4n) is 6.17. The summed E-state index contributed by atoms with van der Waals surface area (Å²) >= 11 is 0. The van der Waals surface area contributed by atoms with Crippen LogP contribution < -0.4 is 15.4 Å². The molecule has 48 heavy (non-hydrogen) atoms. The molecule has 2 N–H and O–H groups in total. The van der Waals surface area contributed by atoms with Gasteiger partial charge in [0.2, 0.25) is 11.7 Å². The van der Waals surface area contributed by atoms with Crippen LogP contribution in [0.5, 0.6) is 5.75 Å². The second-order valence-corrected chi connectivity index (χ2v) is 12.0. The van der Waals surface area contributed by atoms with Crippen molar-refractivity contribution >= 4 is 29.6 Å². The molecular weight excluding hydrogens is 624 g/mol. The van der Waals surface area contributed by atoms with E-state index in [1.807, 2.05) is 0 Å². The summed E-state index contributed by atoms with van der Waals surface area (Å²) in [5.41, 5.74) is 1.38. The highest BCUT2D eigenvalue weighted by molar-refractivity contribution is 6.03. The number of ether oxygens (including phenoxy) is 2. The molecule has 0 spiro atoms. The zero-order chi connectivity index (χ0) is 34.6. The minimum absolute atomic E-state index is 0.00975. The number of methoxy groups -OCH3 is 1. The standard InChI is InChI=1S/C34H41F2N7O5/c1-6-34(47-5)18-25(39-20-34)33(46)43-14-12-42(13-15-43)32(45)23-8-7-22(17-21(23)2)40-31(44)30-38-19-26(41(30)4)24-9-10-27(29(36)28(24)35)48-16-11-37-3/h7-11,17,19,25,39H,6,12-16,18,20H2,1-5H3,(H,40,44)/b37-11-/t25-,34-/m0/s1. The fourth-order valence-corrected chi connectivity index (χ4v) is 6.17. The molecular formula is C34H41F2N7O5. The molecule has 256 valence electrons. The van der Waals surface area contributed by atoms with E-state index in [-0.39, 0.29) is 52.9 Å². The van der Waals surface area contributed by atoms with E-state index in [4.69, 9.17) is 9.47 Å². The number of aryl methyl sites for hydroxylation is 1. The van der Waals surface area contributed by atoms with Crippen LogP contribution in [0.15, 0.2) is 41.5 Å². The van der Waals surface area contributed by atoms with Crippen molar-refractivity contribution in [1.82, 2.24) is 24.7 Å². The number of anilines is 1. The van der Waals surface area contributed by atoms with Crippen LogP contribution in [0.2, 0.25) is 0 Å². The Hall–Kier alpha value is -4.69. The minimum atomic E-state index is -1.16. The van der Waals surface area contributed by atoms with E-state index in [2.05, 4.69) is 27.5 Å². The Bertz CT molecular complexity index is 1710. The van der Waals surface area contributed by atoms with Crippen LogP contribution in [0.25, 0.3) is 11.3 Å². The molecule has 3 heterocycles. The lowest BCUT2D eigenvalue weighted by Crippen LogP contribution is -2.54. The predicted molar refractivity (Wildman–Crippen MR) is 177 cm³/mol. The van der Waals surface area contributed by atoms with Gasteiger partial charge in [-0.05, 0) is 49.2 Å². The number of benzene rings is 2. The summed E-state index contributed by atoms with van der Waals surface area (Å²) < 4.78 is 41.9. The summed E-state index contributed by atoms with van der Waals surface area (Å²) in [5.74, 6) is -3.25. The van der Waals surface area contributed by atoms with Gasteiger partial charge in [-0.2, -0.15) is 4.39 Å². The van der Waals surface area contributed by atoms with Gasteiger partial charge in [0, 0.05) is 83.4 Å². The van der Waals surface area contributed by atoms with Gasteiger partial charge in [0.05, 0.1) is 23.5 Å². The first-order valence-electron chi connectivity index (χ1n) is 15.8. The summed E-state index contributed by atoms with van der Waals surface area (Å²) in [4.78, 5) is 51.1. The number of hydrogen-bond donors (Lipinski definition) is 2. The van der Waals surface area contributed by atoms with Crippen LogP contribution in [0.1, 0.15) is 46.3 Å². The van der Waals surface area contributed by atoms with Crippen LogP contribution in [0.4, 0.5) is 14.5 Å². The summed E-state index contributed by atoms with van der Waals surface area (Å²) in [6.45, 7) is 6.16. The maximum Gasteiger partial charge on any atom is 0.291 e. The molecule has 2 aromatic carbocycles. The molecule has 2 saturated heterocycles. The third-order valence-corrected chi connectivity index (χ3v) is 9.23. The summed E-state index contributed by atoms with van der Waals surface area (Å²) in [7, 11) is 4.75. The molecule has 0 bridgehead atoms. The highest BCUT2D eigenvalue weighted by atomic mass is 19.2. The molecule has 2 aliphatic heterocycles. The number of amides is 3. The first kappa shape index (κ1) is 34.6. The van der Waals surface area contributed by atoms with Gasteiger partial charge >= 0.3 is 0 Å². The third kappa shape index (κ3) is 6.95. The molecule has 12 nitrogen and oxygen atoms in total. The first-order chi connectivity index (χ1) is 23.0. The largest absolute Gasteiger partial charge is 0.485 e. The van der Waals surface area contributed by atoms with Crippen LogP contribution in [-0.4, -0.2) is 108 Å². The van der Waals surface area contributed by atoms with Crippen molar-refractivity contribution in [1.29, 1.82) is 0 Å². The Kier molecular flexibility index (Phi) is 10.5. The molecule has 0 saturated carbocycles. The quantitative estimate of drug-likeness (QED) is 0.318. The molecule has 3 aromatic rings. The molecule has 2 fully saturated rings. The first-order valence-corrected chi connectivity index (χ1v) is 15.8. The van der Waals surface area contributed by atoms with Gasteiger partial charge in [-0.1, -0.05) is 6.92 Å². The van der Waals surface area contributed by atoms with Crippen molar-refractivity contribution in [3.05, 3.63) is 65.1 Å². The van der Waals surface area contributed by atoms with E-state index < -0.39 is 17.5 Å². The van der Waals surface area contributed by atoms with Gasteiger partial charge in [-0.15, -0.1) is 0 Å². The Balaban J connectivity index is 1.19. The SMILES string of the molecule is CC[C@@]1(OC)CN[C@H](C(=O)N2CCN(C(=O)c3ccc(NC(=O)c4ncc(-c5ccc(OC/C=N\C)c(F)c5F)n4C)cc3C)CC2)C1. The van der Waals surface area contributed by atoms with Crippen molar-refractivity contribution in [3.8, 4) is 17.0 Å². The number of carbonyl (C=O) groups excluding carboxylic acids is 3. The summed E-state index contributed by atoms with van der Waals surface area (Å²) in [6.07, 6.45) is 4.16. The van der Waals surface area contributed by atoms with Crippen LogP contribution in [0.3, 0.4) is 0 Å². The number of halogens is 2. The molecule has 5 rings (SSSR count). The monoisotopic (exact) mass is 665 g/mol. The van der Waals surface area contributed by atoms with E-state index in [0.717, 1.165) is 6.42 Å². The number of aliphatic imine (C=N–C) groups is 1. The van der Waals surface area contributed by atoms with Gasteiger partial charge < -0.3 is 34.5 Å². The number of imidazole rings is 1. The van der Waals surface area contributed by atoms with Crippen LogP contribution in [0, 0.1) is 18.6 Å². The zero-order valence-corrected chi connectivity index (χ0v) is 27.8. The van der Waals surface area contributed by atoms with Crippen molar-refractivity contribution in [2.75, 3.05) is 58.8 Å². The molecule has 2 atom stereocenters. The van der Waals surface area contributed by atoms with Crippen molar-refractivity contribution in [3.63, 3.8) is 0 Å². The Labute approximate surface area is 278 Å². The summed E-state index contributed by atoms with van der Waals surface area (Å²) in [6, 6.07) is 7.34. The van der Waals surface area contributed by atoms with Crippen molar-refractivity contribution in [2.24, 2.45) is 12.0 Å². The molecule has 1 aromatic heterocycles. The van der Waals surface area contributed by atoms with Crippen molar-refractivity contribution < 1.29 is 32.6 Å². The lowest BCUT2D eigenvalue weighted by molar-refractivity contribution is -0.135. The van der Waals surface area contributed by atoms with Gasteiger partial charge in [-0.3, -0.25) is 19.4 Å². The minimum Gasteiger partial charge on any atom is -0.485 e. The fraction of sp³-hybridized carbons (Fsp3) is 0.441. The molecule has 3 amide bonds. The predicted octanol–water partition coefficient (Wildman–Crippen LogP) is 3.45. The summed E-state index contributed by atoms with van der Waals surface area (Å²) in [5, 5.41) is 6.07. The Morgan fingerprint density at radius 1 is 1.12 bits per heavy atom. The number of carbonyl (C=O) groups is 3. The second kappa shape index (κ2) is 14.6. The van der Waals surface area contributed by atoms with E-state index >= 15 is 0 Å². The molecule has 2 aliphatic rings. The number of hydrogen-bond acceptors (Lipinski definition) is 8. The van der Waals surface area contributed by atoms with Gasteiger partial charge in [0.15, 0.2) is 17.4 Å². The van der Waals surface area contributed by atoms with Crippen LogP contribution >= 0.6 is 0 Å². The molecule has 0 radical (unpaired) electrons. The Morgan fingerprint density at radius 3 is 2.50 bits per heavy atom. The third-order valence-electron chi connectivity index (χ3n) is 9.23. The average Bonchev–Trinajstić information content (AvgIpc) is 3.71. The number of rotatable bonds is 10. The Morgan fingerprint density at radius 2 is 1.85 bits per heavy atom. The van der Waals surface area contributed by atoms with Gasteiger partial charge in [-0.25, -0.2) is 9.37 Å². The highest BCUT2D eigenvalue weighted by Gasteiger charge is 2.42. The van der Waals surface area contributed by atoms with E-state index in [0.29, 0.717) is 56.0 Å². The van der Waals surface area contributed by atoms with E-state index in [9.17, 15) is 23.2 Å². The second-order valence-electron chi connectivity index (χ2n) is 12.0. The number of nitrogens with zero attached hydrogens (tertiary/aromatic N) is 5. The topological polar surface area (TPSA) is 130 Å². The normalized spacial score (nSPS) is 19.6. The zero-order valence-electron chi connectivity index (χ0n) is 27.8. The average molecular weight is 666 g/mol. The number of nitrogens with one attached hydrogen (secondary N) is 2. The number of aromatic nitrogens is 2. The molecule has 14 heteroatoms. The lowest BCUT2D eigenvalue weighted by Gasteiger charge is -2.36. The number of piperazine rings is 1. The maximum absolute atomic E-state index is 15.0. The molecule has 0 unspecified atom stereocenters. The lowest BCUT2D eigenvalue weighted by atomic mass is 9.96. The van der Waals surface area contributed by atoms with Gasteiger partial charge in [0.25, 0.3) is 11.8 Å². The smallest absolute Gasteiger partial charge is 0.291 e.